The van der Waals surface area contributed by atoms with Gasteiger partial charge in [0.1, 0.15) is 4.32 Å². The maximum absolute atomic E-state index is 12.2. The number of amides is 1. The second kappa shape index (κ2) is 10.6. The number of nitrogens with zero attached hydrogens (tertiary/aromatic N) is 1. The summed E-state index contributed by atoms with van der Waals surface area (Å²) in [6.07, 6.45) is 8.80. The molecule has 128 valence electrons. The van der Waals surface area contributed by atoms with E-state index in [4.69, 9.17) is 17.3 Å². The molecule has 1 aliphatic heterocycles. The van der Waals surface area contributed by atoms with Crippen molar-refractivity contribution in [2.45, 2.75) is 51.6 Å². The first-order chi connectivity index (χ1) is 11.0. The lowest BCUT2D eigenvalue weighted by atomic mass is 10.1. The Hall–Kier alpha value is -1.18. The Morgan fingerprint density at radius 1 is 1.39 bits per heavy atom. The zero-order chi connectivity index (χ0) is 17.2. The van der Waals surface area contributed by atoms with Crippen molar-refractivity contribution in [3.63, 3.8) is 0 Å². The van der Waals surface area contributed by atoms with Crippen LogP contribution in [0.3, 0.4) is 0 Å². The molecule has 1 rings (SSSR count). The van der Waals surface area contributed by atoms with Gasteiger partial charge in [0.25, 0.3) is 5.91 Å². The summed E-state index contributed by atoms with van der Waals surface area (Å²) in [7, 11) is 0. The minimum atomic E-state index is -0.883. The first kappa shape index (κ1) is 19.9. The molecule has 0 aromatic heterocycles. The van der Waals surface area contributed by atoms with Gasteiger partial charge in [-0.1, -0.05) is 62.3 Å². The van der Waals surface area contributed by atoms with E-state index in [1.54, 1.807) is 18.2 Å². The van der Waals surface area contributed by atoms with Crippen LogP contribution in [0.5, 0.6) is 0 Å². The number of thiocarbonyl (C=S) groups is 1. The lowest BCUT2D eigenvalue weighted by Gasteiger charge is -2.13. The number of allylic oxidation sites excluding steroid dienone is 2. The van der Waals surface area contributed by atoms with Crippen molar-refractivity contribution in [3.05, 3.63) is 23.1 Å². The average Bonchev–Trinajstić information content (AvgIpc) is 2.75. The molecule has 0 aliphatic carbocycles. The highest BCUT2D eigenvalue weighted by molar-refractivity contribution is 8.26. The summed E-state index contributed by atoms with van der Waals surface area (Å²) in [6, 6.07) is 0. The maximum atomic E-state index is 12.2. The van der Waals surface area contributed by atoms with Crippen LogP contribution in [0.1, 0.15) is 45.4 Å². The minimum absolute atomic E-state index is 0.0139. The number of carbonyl (C=O) groups excluding carboxylic acids is 1. The molecule has 1 unspecified atom stereocenters. The molecule has 0 spiro atoms. The highest BCUT2D eigenvalue weighted by atomic mass is 32.2. The van der Waals surface area contributed by atoms with Crippen molar-refractivity contribution in [1.29, 1.82) is 0 Å². The fourth-order valence-electron chi connectivity index (χ4n) is 2.07. The predicted octanol–water partition coefficient (Wildman–Crippen LogP) is 3.09. The first-order valence-corrected chi connectivity index (χ1v) is 9.00. The van der Waals surface area contributed by atoms with Gasteiger partial charge in [0.15, 0.2) is 0 Å². The molecule has 0 radical (unpaired) electrons. The van der Waals surface area contributed by atoms with Crippen LogP contribution < -0.4 is 0 Å². The molecule has 0 saturated carbocycles. The SMILES string of the molecule is CCCCCC(O)/C=C/C=C1\SC(=S)N(CCCC(=O)O)C1=O. The van der Waals surface area contributed by atoms with Gasteiger partial charge >= 0.3 is 5.97 Å². The standard InChI is InChI=1S/C16H23NO4S2/c1-2-3-4-7-12(18)8-5-9-13-15(21)17(16(22)23-13)11-6-10-14(19)20/h5,8-9,12,18H,2-4,6-7,10-11H2,1H3,(H,19,20)/b8-5+,13-9-. The number of rotatable bonds is 10. The molecule has 1 atom stereocenters. The van der Waals surface area contributed by atoms with Crippen LogP contribution in [0, 0.1) is 0 Å². The fourth-order valence-corrected chi connectivity index (χ4v) is 3.33. The van der Waals surface area contributed by atoms with E-state index in [0.717, 1.165) is 19.3 Å². The number of carboxylic acids is 1. The van der Waals surface area contributed by atoms with Crippen molar-refractivity contribution < 1.29 is 19.8 Å². The quantitative estimate of drug-likeness (QED) is 0.355. The molecule has 1 amide bonds. The van der Waals surface area contributed by atoms with Crippen molar-refractivity contribution >= 4 is 40.2 Å². The van der Waals surface area contributed by atoms with Gasteiger partial charge in [0.05, 0.1) is 11.0 Å². The molecule has 1 heterocycles. The second-order valence-electron chi connectivity index (χ2n) is 5.30. The third kappa shape index (κ3) is 7.28. The third-order valence-corrected chi connectivity index (χ3v) is 4.73. The summed E-state index contributed by atoms with van der Waals surface area (Å²) < 4.78 is 0.448. The molecule has 1 saturated heterocycles. The van der Waals surface area contributed by atoms with E-state index < -0.39 is 12.1 Å². The minimum Gasteiger partial charge on any atom is -0.481 e. The molecule has 23 heavy (non-hydrogen) atoms. The third-order valence-electron chi connectivity index (χ3n) is 3.33. The summed E-state index contributed by atoms with van der Waals surface area (Å²) in [5.41, 5.74) is 0. The molecule has 2 N–H and O–H groups in total. The topological polar surface area (TPSA) is 77.8 Å². The van der Waals surface area contributed by atoms with E-state index in [2.05, 4.69) is 6.92 Å². The molecule has 0 aromatic rings. The summed E-state index contributed by atoms with van der Waals surface area (Å²) in [4.78, 5) is 24.6. The number of aliphatic hydroxyl groups excluding tert-OH is 1. The first-order valence-electron chi connectivity index (χ1n) is 7.77. The van der Waals surface area contributed by atoms with Gasteiger partial charge in [-0.05, 0) is 18.9 Å². The number of hydrogen-bond acceptors (Lipinski definition) is 5. The lowest BCUT2D eigenvalue weighted by Crippen LogP contribution is -2.29. The van der Waals surface area contributed by atoms with E-state index in [1.807, 2.05) is 0 Å². The van der Waals surface area contributed by atoms with E-state index in [9.17, 15) is 14.7 Å². The molecule has 1 fully saturated rings. The van der Waals surface area contributed by atoms with E-state index in [1.165, 1.54) is 16.7 Å². The van der Waals surface area contributed by atoms with Gasteiger partial charge in [-0.3, -0.25) is 14.5 Å². The van der Waals surface area contributed by atoms with Crippen molar-refractivity contribution in [2.75, 3.05) is 6.54 Å². The Balaban J connectivity index is 2.49. The van der Waals surface area contributed by atoms with Crippen LogP contribution in [-0.2, 0) is 9.59 Å². The van der Waals surface area contributed by atoms with Crippen LogP contribution in [0.4, 0.5) is 0 Å². The highest BCUT2D eigenvalue weighted by Gasteiger charge is 2.31. The van der Waals surface area contributed by atoms with Crippen molar-refractivity contribution in [2.24, 2.45) is 0 Å². The number of carboxylic acid groups (broad SMARTS) is 1. The smallest absolute Gasteiger partial charge is 0.303 e. The summed E-state index contributed by atoms with van der Waals surface area (Å²) in [6.45, 7) is 2.43. The van der Waals surface area contributed by atoms with Crippen LogP contribution in [0.25, 0.3) is 0 Å². The van der Waals surface area contributed by atoms with Gasteiger partial charge in [-0.15, -0.1) is 0 Å². The van der Waals surface area contributed by atoms with Crippen LogP contribution in [0.2, 0.25) is 0 Å². The molecule has 1 aliphatic rings. The number of aliphatic carboxylic acids is 1. The Morgan fingerprint density at radius 3 is 2.78 bits per heavy atom. The molecule has 0 aromatic carbocycles. The zero-order valence-corrected chi connectivity index (χ0v) is 14.9. The van der Waals surface area contributed by atoms with E-state index in [0.29, 0.717) is 28.6 Å². The monoisotopic (exact) mass is 357 g/mol. The Bertz CT molecular complexity index is 502. The van der Waals surface area contributed by atoms with Gasteiger partial charge in [-0.25, -0.2) is 0 Å². The van der Waals surface area contributed by atoms with Gasteiger partial charge < -0.3 is 10.2 Å². The Labute approximate surface area is 146 Å². The van der Waals surface area contributed by atoms with Crippen LogP contribution in [0.15, 0.2) is 23.1 Å². The largest absolute Gasteiger partial charge is 0.481 e. The lowest BCUT2D eigenvalue weighted by molar-refractivity contribution is -0.137. The molecule has 5 nitrogen and oxygen atoms in total. The molecule has 7 heteroatoms. The molecule has 0 bridgehead atoms. The van der Waals surface area contributed by atoms with Crippen molar-refractivity contribution in [3.8, 4) is 0 Å². The predicted molar refractivity (Wildman–Crippen MR) is 96.1 cm³/mol. The number of hydrogen-bond donors (Lipinski definition) is 2. The highest BCUT2D eigenvalue weighted by Crippen LogP contribution is 2.31. The van der Waals surface area contributed by atoms with Gasteiger partial charge in [0.2, 0.25) is 0 Å². The number of carbonyl (C=O) groups is 2. The van der Waals surface area contributed by atoms with Crippen LogP contribution in [-0.4, -0.2) is 44.0 Å². The zero-order valence-electron chi connectivity index (χ0n) is 13.2. The van der Waals surface area contributed by atoms with Gasteiger partial charge in [0, 0.05) is 13.0 Å². The summed E-state index contributed by atoms with van der Waals surface area (Å²) in [5.74, 6) is -1.08. The number of aliphatic hydroxyl groups is 1. The summed E-state index contributed by atoms with van der Waals surface area (Å²) >= 11 is 6.35. The van der Waals surface area contributed by atoms with Gasteiger partial charge in [-0.2, -0.15) is 0 Å². The van der Waals surface area contributed by atoms with Crippen LogP contribution >= 0.6 is 24.0 Å². The number of thioether (sulfide) groups is 1. The fraction of sp³-hybridized carbons (Fsp3) is 0.562. The number of unbranched alkanes of at least 4 members (excludes halogenated alkanes) is 2. The van der Waals surface area contributed by atoms with Crippen molar-refractivity contribution in [1.82, 2.24) is 4.90 Å². The molecular formula is C16H23NO4S2. The maximum Gasteiger partial charge on any atom is 0.303 e. The second-order valence-corrected chi connectivity index (χ2v) is 6.98. The average molecular weight is 357 g/mol. The van der Waals surface area contributed by atoms with E-state index >= 15 is 0 Å². The Morgan fingerprint density at radius 2 is 2.13 bits per heavy atom. The molecular weight excluding hydrogens is 334 g/mol. The summed E-state index contributed by atoms with van der Waals surface area (Å²) in [5, 5.41) is 18.4. The normalized spacial score (nSPS) is 18.3. The van der Waals surface area contributed by atoms with E-state index in [-0.39, 0.29) is 12.3 Å². The Kier molecular flexibility index (Phi) is 9.13.